The first-order chi connectivity index (χ1) is 7.68. The number of benzene rings is 1. The quantitative estimate of drug-likeness (QED) is 0.746. The van der Waals surface area contributed by atoms with E-state index < -0.39 is 0 Å². The lowest BCUT2D eigenvalue weighted by Crippen LogP contribution is -2.21. The van der Waals surface area contributed by atoms with E-state index in [4.69, 9.17) is 0 Å². The fraction of sp³-hybridized carbons (Fsp3) is 0.600. The minimum atomic E-state index is 0.437. The second kappa shape index (κ2) is 4.58. The van der Waals surface area contributed by atoms with Crippen molar-refractivity contribution < 1.29 is 0 Å². The van der Waals surface area contributed by atoms with E-state index in [1.165, 1.54) is 24.9 Å². The SMILES string of the molecule is CCCNCC1CC1(C)c1ccccc1C. The van der Waals surface area contributed by atoms with Gasteiger partial charge in [0.15, 0.2) is 0 Å². The molecule has 2 rings (SSSR count). The molecule has 0 saturated heterocycles. The van der Waals surface area contributed by atoms with Gasteiger partial charge in [-0.05, 0) is 55.3 Å². The van der Waals surface area contributed by atoms with Gasteiger partial charge < -0.3 is 5.32 Å². The zero-order valence-electron chi connectivity index (χ0n) is 10.7. The molecule has 0 bridgehead atoms. The maximum absolute atomic E-state index is 3.54. The topological polar surface area (TPSA) is 12.0 Å². The van der Waals surface area contributed by atoms with Gasteiger partial charge in [-0.2, -0.15) is 0 Å². The first-order valence-corrected chi connectivity index (χ1v) is 6.45. The van der Waals surface area contributed by atoms with Gasteiger partial charge in [-0.25, -0.2) is 0 Å². The summed E-state index contributed by atoms with van der Waals surface area (Å²) in [7, 11) is 0. The van der Waals surface area contributed by atoms with Crippen molar-refractivity contribution in [2.24, 2.45) is 5.92 Å². The molecular weight excluding hydrogens is 194 g/mol. The van der Waals surface area contributed by atoms with Gasteiger partial charge in [0, 0.05) is 0 Å². The molecule has 0 heterocycles. The predicted octanol–water partition coefficient (Wildman–Crippen LogP) is 3.27. The van der Waals surface area contributed by atoms with Crippen LogP contribution < -0.4 is 5.32 Å². The van der Waals surface area contributed by atoms with Crippen molar-refractivity contribution in [2.45, 2.75) is 39.0 Å². The molecule has 1 aromatic carbocycles. The molecule has 1 fully saturated rings. The normalized spacial score (nSPS) is 28.1. The lowest BCUT2D eigenvalue weighted by Gasteiger charge is -2.15. The van der Waals surface area contributed by atoms with Gasteiger partial charge in [-0.3, -0.25) is 0 Å². The Hall–Kier alpha value is -0.820. The number of hydrogen-bond donors (Lipinski definition) is 1. The average molecular weight is 217 g/mol. The average Bonchev–Trinajstić information content (AvgIpc) is 2.92. The Morgan fingerprint density at radius 3 is 2.81 bits per heavy atom. The third-order valence-electron chi connectivity index (χ3n) is 3.99. The Bertz CT molecular complexity index is 358. The van der Waals surface area contributed by atoms with Crippen molar-refractivity contribution in [3.63, 3.8) is 0 Å². The van der Waals surface area contributed by atoms with Crippen LogP contribution in [0.15, 0.2) is 24.3 Å². The van der Waals surface area contributed by atoms with Crippen LogP contribution in [-0.2, 0) is 5.41 Å². The van der Waals surface area contributed by atoms with Crippen molar-refractivity contribution >= 4 is 0 Å². The Balaban J connectivity index is 1.99. The highest BCUT2D eigenvalue weighted by molar-refractivity contribution is 5.38. The largest absolute Gasteiger partial charge is 0.316 e. The molecule has 1 aromatic rings. The predicted molar refractivity (Wildman–Crippen MR) is 69.8 cm³/mol. The highest BCUT2D eigenvalue weighted by Crippen LogP contribution is 2.54. The lowest BCUT2D eigenvalue weighted by molar-refractivity contribution is 0.574. The molecule has 1 aliphatic carbocycles. The van der Waals surface area contributed by atoms with Crippen LogP contribution in [0.5, 0.6) is 0 Å². The van der Waals surface area contributed by atoms with E-state index in [2.05, 4.69) is 50.4 Å². The molecule has 1 aliphatic rings. The molecule has 0 aliphatic heterocycles. The van der Waals surface area contributed by atoms with Crippen molar-refractivity contribution in [3.8, 4) is 0 Å². The number of aryl methyl sites for hydroxylation is 1. The van der Waals surface area contributed by atoms with Gasteiger partial charge in [0.05, 0.1) is 0 Å². The van der Waals surface area contributed by atoms with E-state index in [0.29, 0.717) is 5.41 Å². The van der Waals surface area contributed by atoms with Crippen LogP contribution >= 0.6 is 0 Å². The van der Waals surface area contributed by atoms with Gasteiger partial charge in [-0.15, -0.1) is 0 Å². The smallest absolute Gasteiger partial charge is 0.00118 e. The van der Waals surface area contributed by atoms with Crippen LogP contribution in [-0.4, -0.2) is 13.1 Å². The van der Waals surface area contributed by atoms with Crippen molar-refractivity contribution in [1.82, 2.24) is 5.32 Å². The number of hydrogen-bond acceptors (Lipinski definition) is 1. The van der Waals surface area contributed by atoms with Gasteiger partial charge >= 0.3 is 0 Å². The first kappa shape index (κ1) is 11.7. The summed E-state index contributed by atoms with van der Waals surface area (Å²) >= 11 is 0. The zero-order valence-corrected chi connectivity index (χ0v) is 10.7. The minimum Gasteiger partial charge on any atom is -0.316 e. The Labute approximate surface area is 99.3 Å². The van der Waals surface area contributed by atoms with Gasteiger partial charge in [0.25, 0.3) is 0 Å². The molecule has 1 nitrogen and oxygen atoms in total. The molecule has 16 heavy (non-hydrogen) atoms. The standard InChI is InChI=1S/C15H23N/c1-4-9-16-11-13-10-15(13,3)14-8-6-5-7-12(14)2/h5-8,13,16H,4,9-11H2,1-3H3. The molecule has 0 radical (unpaired) electrons. The Morgan fingerprint density at radius 1 is 1.38 bits per heavy atom. The van der Waals surface area contributed by atoms with Crippen LogP contribution in [0.1, 0.15) is 37.8 Å². The van der Waals surface area contributed by atoms with E-state index in [1.807, 2.05) is 0 Å². The maximum atomic E-state index is 3.54. The van der Waals surface area contributed by atoms with Crippen molar-refractivity contribution in [2.75, 3.05) is 13.1 Å². The second-order valence-corrected chi connectivity index (χ2v) is 5.34. The number of rotatable bonds is 5. The van der Waals surface area contributed by atoms with E-state index in [9.17, 15) is 0 Å². The van der Waals surface area contributed by atoms with E-state index >= 15 is 0 Å². The second-order valence-electron chi connectivity index (χ2n) is 5.34. The summed E-state index contributed by atoms with van der Waals surface area (Å²) in [4.78, 5) is 0. The number of nitrogens with one attached hydrogen (secondary N) is 1. The molecule has 88 valence electrons. The van der Waals surface area contributed by atoms with Crippen LogP contribution in [0.2, 0.25) is 0 Å². The molecule has 0 aromatic heterocycles. The van der Waals surface area contributed by atoms with Crippen LogP contribution in [0, 0.1) is 12.8 Å². The van der Waals surface area contributed by atoms with Gasteiger partial charge in [-0.1, -0.05) is 38.1 Å². The third-order valence-corrected chi connectivity index (χ3v) is 3.99. The van der Waals surface area contributed by atoms with Crippen LogP contribution in [0.3, 0.4) is 0 Å². The highest BCUT2D eigenvalue weighted by atomic mass is 14.9. The highest BCUT2D eigenvalue weighted by Gasteiger charge is 2.50. The van der Waals surface area contributed by atoms with Gasteiger partial charge in [0.2, 0.25) is 0 Å². The fourth-order valence-electron chi connectivity index (χ4n) is 2.75. The van der Waals surface area contributed by atoms with Crippen molar-refractivity contribution in [1.29, 1.82) is 0 Å². The molecule has 1 saturated carbocycles. The van der Waals surface area contributed by atoms with E-state index in [-0.39, 0.29) is 0 Å². The first-order valence-electron chi connectivity index (χ1n) is 6.45. The molecule has 1 heteroatoms. The van der Waals surface area contributed by atoms with Crippen molar-refractivity contribution in [3.05, 3.63) is 35.4 Å². The third kappa shape index (κ3) is 2.15. The Morgan fingerprint density at radius 2 is 2.12 bits per heavy atom. The molecule has 2 unspecified atom stereocenters. The maximum Gasteiger partial charge on any atom is -0.00118 e. The molecule has 0 amide bonds. The molecular formula is C15H23N. The summed E-state index contributed by atoms with van der Waals surface area (Å²) < 4.78 is 0. The Kier molecular flexibility index (Phi) is 3.34. The summed E-state index contributed by atoms with van der Waals surface area (Å²) in [6.45, 7) is 9.20. The van der Waals surface area contributed by atoms with Crippen LogP contribution in [0.25, 0.3) is 0 Å². The monoisotopic (exact) mass is 217 g/mol. The van der Waals surface area contributed by atoms with E-state index in [0.717, 1.165) is 12.5 Å². The summed E-state index contributed by atoms with van der Waals surface area (Å²) in [6, 6.07) is 8.84. The summed E-state index contributed by atoms with van der Waals surface area (Å²) in [5, 5.41) is 3.54. The lowest BCUT2D eigenvalue weighted by atomic mass is 9.91. The van der Waals surface area contributed by atoms with Crippen LogP contribution in [0.4, 0.5) is 0 Å². The molecule has 2 atom stereocenters. The van der Waals surface area contributed by atoms with E-state index in [1.54, 1.807) is 5.56 Å². The molecule has 0 spiro atoms. The summed E-state index contributed by atoms with van der Waals surface area (Å²) in [5.41, 5.74) is 3.44. The minimum absolute atomic E-state index is 0.437. The fourth-order valence-corrected chi connectivity index (χ4v) is 2.75. The summed E-state index contributed by atoms with van der Waals surface area (Å²) in [6.07, 6.45) is 2.57. The molecule has 1 N–H and O–H groups in total. The zero-order chi connectivity index (χ0) is 11.6. The summed E-state index contributed by atoms with van der Waals surface area (Å²) in [5.74, 6) is 0.833. The van der Waals surface area contributed by atoms with Gasteiger partial charge in [0.1, 0.15) is 0 Å².